The van der Waals surface area contributed by atoms with Gasteiger partial charge in [-0.2, -0.15) is 0 Å². The van der Waals surface area contributed by atoms with E-state index in [9.17, 15) is 0 Å². The van der Waals surface area contributed by atoms with E-state index in [4.69, 9.17) is 5.73 Å². The van der Waals surface area contributed by atoms with E-state index in [1.807, 2.05) is 47.4 Å². The zero-order valence-corrected chi connectivity index (χ0v) is 10.9. The van der Waals surface area contributed by atoms with Gasteiger partial charge in [0.1, 0.15) is 0 Å². The molecule has 1 atom stereocenters. The van der Waals surface area contributed by atoms with Crippen LogP contribution in [0.1, 0.15) is 23.0 Å². The molecule has 3 rings (SSSR count). The summed E-state index contributed by atoms with van der Waals surface area (Å²) in [6, 6.07) is 3.97. The number of hydrogen-bond acceptors (Lipinski definition) is 4. The maximum absolute atomic E-state index is 6.18. The molecule has 18 heavy (non-hydrogen) atoms. The van der Waals surface area contributed by atoms with Crippen LogP contribution in [-0.4, -0.2) is 14.4 Å². The molecule has 1 unspecified atom stereocenters. The van der Waals surface area contributed by atoms with Crippen LogP contribution in [-0.2, 0) is 6.42 Å². The minimum absolute atomic E-state index is 0.0530. The first-order chi connectivity index (χ1) is 8.72. The van der Waals surface area contributed by atoms with Crippen molar-refractivity contribution >= 4 is 16.3 Å². The van der Waals surface area contributed by atoms with Crippen LogP contribution in [0.3, 0.4) is 0 Å². The van der Waals surface area contributed by atoms with E-state index < -0.39 is 0 Å². The highest BCUT2D eigenvalue weighted by atomic mass is 32.1. The third kappa shape index (κ3) is 2.14. The highest BCUT2D eigenvalue weighted by molar-refractivity contribution is 7.15. The van der Waals surface area contributed by atoms with Crippen LogP contribution < -0.4 is 5.73 Å². The van der Waals surface area contributed by atoms with Crippen molar-refractivity contribution in [2.45, 2.75) is 19.4 Å². The van der Waals surface area contributed by atoms with Crippen molar-refractivity contribution < 1.29 is 0 Å². The normalized spacial score (nSPS) is 13.0. The Bertz CT molecular complexity index is 624. The van der Waals surface area contributed by atoms with E-state index in [2.05, 4.69) is 9.97 Å². The second-order valence-electron chi connectivity index (χ2n) is 4.37. The van der Waals surface area contributed by atoms with Gasteiger partial charge in [0.15, 0.2) is 4.96 Å². The Balaban J connectivity index is 1.79. The fourth-order valence-corrected chi connectivity index (χ4v) is 2.64. The first-order valence-corrected chi connectivity index (χ1v) is 6.69. The van der Waals surface area contributed by atoms with E-state index in [-0.39, 0.29) is 6.04 Å². The lowest BCUT2D eigenvalue weighted by atomic mass is 10.1. The maximum Gasteiger partial charge on any atom is 0.193 e. The van der Waals surface area contributed by atoms with Gasteiger partial charge in [0.2, 0.25) is 0 Å². The van der Waals surface area contributed by atoms with Crippen molar-refractivity contribution in [3.8, 4) is 0 Å². The number of nitrogens with zero attached hydrogens (tertiary/aromatic N) is 3. The van der Waals surface area contributed by atoms with E-state index in [0.29, 0.717) is 0 Å². The monoisotopic (exact) mass is 258 g/mol. The van der Waals surface area contributed by atoms with Crippen LogP contribution in [0.25, 0.3) is 4.96 Å². The van der Waals surface area contributed by atoms with E-state index in [1.54, 1.807) is 11.3 Å². The summed E-state index contributed by atoms with van der Waals surface area (Å²) >= 11 is 1.63. The second-order valence-corrected chi connectivity index (χ2v) is 5.24. The summed E-state index contributed by atoms with van der Waals surface area (Å²) in [4.78, 5) is 9.82. The Kier molecular flexibility index (Phi) is 2.85. The van der Waals surface area contributed by atoms with Crippen molar-refractivity contribution in [2.75, 3.05) is 0 Å². The van der Waals surface area contributed by atoms with Crippen molar-refractivity contribution in [1.82, 2.24) is 14.4 Å². The van der Waals surface area contributed by atoms with E-state index in [1.165, 1.54) is 0 Å². The fraction of sp³-hybridized carbons (Fsp3) is 0.231. The molecular formula is C13H14N4S. The molecule has 3 aromatic rings. The molecule has 0 saturated heterocycles. The molecule has 0 aliphatic carbocycles. The molecule has 0 radical (unpaired) electrons. The summed E-state index contributed by atoms with van der Waals surface area (Å²) in [7, 11) is 0. The van der Waals surface area contributed by atoms with Crippen LogP contribution in [0.4, 0.5) is 0 Å². The van der Waals surface area contributed by atoms with E-state index in [0.717, 1.165) is 28.3 Å². The second kappa shape index (κ2) is 4.51. The van der Waals surface area contributed by atoms with Gasteiger partial charge in [-0.25, -0.2) is 4.98 Å². The molecule has 3 heterocycles. The summed E-state index contributed by atoms with van der Waals surface area (Å²) in [6.07, 6.45) is 6.63. The number of aryl methyl sites for hydroxylation is 1. The lowest BCUT2D eigenvalue weighted by Crippen LogP contribution is -2.13. The standard InChI is InChI=1S/C13H14N4S/c1-9-2-3-10(7-15-9)12(14)6-11-8-17-4-5-18-13(17)16-11/h2-5,7-8,12H,6,14H2,1H3. The average Bonchev–Trinajstić information content (AvgIpc) is 2.90. The summed E-state index contributed by atoms with van der Waals surface area (Å²) in [5.74, 6) is 0. The molecule has 3 aromatic heterocycles. The molecule has 0 amide bonds. The van der Waals surface area contributed by atoms with Crippen molar-refractivity contribution in [3.05, 3.63) is 53.1 Å². The molecule has 4 nitrogen and oxygen atoms in total. The zero-order valence-electron chi connectivity index (χ0n) is 10.1. The van der Waals surface area contributed by atoms with Gasteiger partial charge in [0.25, 0.3) is 0 Å². The predicted octanol–water partition coefficient (Wildman–Crippen LogP) is 2.34. The number of imidazole rings is 1. The third-order valence-electron chi connectivity index (χ3n) is 2.93. The smallest absolute Gasteiger partial charge is 0.193 e. The summed E-state index contributed by atoms with van der Waals surface area (Å²) < 4.78 is 2.03. The van der Waals surface area contributed by atoms with Crippen molar-refractivity contribution in [3.63, 3.8) is 0 Å². The SMILES string of the molecule is Cc1ccc(C(N)Cc2cn3ccsc3n2)cn1. The van der Waals surface area contributed by atoms with Gasteiger partial charge in [-0.1, -0.05) is 6.07 Å². The summed E-state index contributed by atoms with van der Waals surface area (Å²) in [5.41, 5.74) is 9.27. The number of nitrogens with two attached hydrogens (primary N) is 1. The number of fused-ring (bicyclic) bond motifs is 1. The van der Waals surface area contributed by atoms with Crippen LogP contribution in [0.15, 0.2) is 36.1 Å². The van der Waals surface area contributed by atoms with Gasteiger partial charge in [0, 0.05) is 42.1 Å². The Labute approximate surface area is 109 Å². The lowest BCUT2D eigenvalue weighted by Gasteiger charge is -2.09. The zero-order chi connectivity index (χ0) is 12.5. The Morgan fingerprint density at radius 2 is 2.33 bits per heavy atom. The minimum Gasteiger partial charge on any atom is -0.324 e. The average molecular weight is 258 g/mol. The molecule has 5 heteroatoms. The summed E-state index contributed by atoms with van der Waals surface area (Å²) in [5, 5.41) is 2.02. The number of pyridine rings is 1. The largest absolute Gasteiger partial charge is 0.324 e. The molecule has 0 aromatic carbocycles. The highest BCUT2D eigenvalue weighted by Crippen LogP contribution is 2.17. The van der Waals surface area contributed by atoms with Gasteiger partial charge >= 0.3 is 0 Å². The molecule has 0 fully saturated rings. The molecule has 2 N–H and O–H groups in total. The molecule has 0 saturated carbocycles. The Hall–Kier alpha value is -1.72. The number of rotatable bonds is 3. The lowest BCUT2D eigenvalue weighted by molar-refractivity contribution is 0.706. The first-order valence-electron chi connectivity index (χ1n) is 5.81. The van der Waals surface area contributed by atoms with Gasteiger partial charge in [-0.15, -0.1) is 11.3 Å². The van der Waals surface area contributed by atoms with Crippen molar-refractivity contribution in [1.29, 1.82) is 0 Å². The number of aromatic nitrogens is 3. The van der Waals surface area contributed by atoms with Gasteiger partial charge in [0.05, 0.1) is 5.69 Å². The molecular weight excluding hydrogens is 244 g/mol. The quantitative estimate of drug-likeness (QED) is 0.784. The number of hydrogen-bond donors (Lipinski definition) is 1. The molecule has 0 spiro atoms. The highest BCUT2D eigenvalue weighted by Gasteiger charge is 2.10. The topological polar surface area (TPSA) is 56.2 Å². The summed E-state index contributed by atoms with van der Waals surface area (Å²) in [6.45, 7) is 1.97. The minimum atomic E-state index is -0.0530. The third-order valence-corrected chi connectivity index (χ3v) is 3.71. The predicted molar refractivity (Wildman–Crippen MR) is 72.7 cm³/mol. The molecule has 0 bridgehead atoms. The van der Waals surface area contributed by atoms with Gasteiger partial charge < -0.3 is 5.73 Å². The van der Waals surface area contributed by atoms with Gasteiger partial charge in [-0.05, 0) is 18.6 Å². The molecule has 0 aliphatic heterocycles. The van der Waals surface area contributed by atoms with Crippen molar-refractivity contribution in [2.24, 2.45) is 5.73 Å². The van der Waals surface area contributed by atoms with Crippen LogP contribution in [0.2, 0.25) is 0 Å². The Morgan fingerprint density at radius 3 is 3.06 bits per heavy atom. The van der Waals surface area contributed by atoms with Crippen LogP contribution in [0.5, 0.6) is 0 Å². The number of thiazole rings is 1. The van der Waals surface area contributed by atoms with Crippen LogP contribution >= 0.6 is 11.3 Å². The Morgan fingerprint density at radius 1 is 1.44 bits per heavy atom. The van der Waals surface area contributed by atoms with Crippen LogP contribution in [0, 0.1) is 6.92 Å². The fourth-order valence-electron chi connectivity index (χ4n) is 1.92. The van der Waals surface area contributed by atoms with E-state index >= 15 is 0 Å². The first kappa shape index (κ1) is 11.4. The van der Waals surface area contributed by atoms with Gasteiger partial charge in [-0.3, -0.25) is 9.38 Å². The molecule has 0 aliphatic rings. The maximum atomic E-state index is 6.18. The molecule has 92 valence electrons.